The molecule has 0 aliphatic rings. The zero-order valence-corrected chi connectivity index (χ0v) is 17.7. The van der Waals surface area contributed by atoms with Crippen molar-refractivity contribution in [2.45, 2.75) is 6.92 Å². The fraction of sp³-hybridized carbons (Fsp3) is 0.222. The molecule has 0 aliphatic heterocycles. The van der Waals surface area contributed by atoms with Gasteiger partial charge >= 0.3 is 0 Å². The highest BCUT2D eigenvalue weighted by atomic mass is 79.9. The minimum Gasteiger partial charge on any atom is -0.496 e. The Hall–Kier alpha value is -2.06. The van der Waals surface area contributed by atoms with Crippen LogP contribution in [0.1, 0.15) is 11.1 Å². The number of benzene rings is 2. The van der Waals surface area contributed by atoms with Crippen molar-refractivity contribution in [3.05, 3.63) is 50.4 Å². The molecule has 2 aromatic rings. The fourth-order valence-electron chi connectivity index (χ4n) is 2.05. The largest absolute Gasteiger partial charge is 0.496 e. The Morgan fingerprint density at radius 3 is 2.50 bits per heavy atom. The molecule has 6 nitrogen and oxygen atoms in total. The van der Waals surface area contributed by atoms with Crippen molar-refractivity contribution < 1.29 is 19.0 Å². The van der Waals surface area contributed by atoms with Crippen LogP contribution in [-0.4, -0.2) is 32.9 Å². The van der Waals surface area contributed by atoms with Gasteiger partial charge in [0.25, 0.3) is 5.91 Å². The molecule has 0 heterocycles. The molecular weight excluding hydrogens is 468 g/mol. The van der Waals surface area contributed by atoms with Gasteiger partial charge in [-0.1, -0.05) is 15.9 Å². The van der Waals surface area contributed by atoms with Gasteiger partial charge in [-0.25, -0.2) is 5.43 Å². The number of carbonyl (C=O) groups is 1. The van der Waals surface area contributed by atoms with Crippen LogP contribution in [0, 0.1) is 6.92 Å². The van der Waals surface area contributed by atoms with Gasteiger partial charge in [0.1, 0.15) is 17.2 Å². The van der Waals surface area contributed by atoms with Crippen LogP contribution in [0.2, 0.25) is 0 Å². The van der Waals surface area contributed by atoms with Crippen molar-refractivity contribution in [1.29, 1.82) is 0 Å². The minimum absolute atomic E-state index is 0.137. The number of ether oxygens (including phenoxy) is 3. The van der Waals surface area contributed by atoms with Crippen LogP contribution in [0.4, 0.5) is 0 Å². The quantitative estimate of drug-likeness (QED) is 0.474. The summed E-state index contributed by atoms with van der Waals surface area (Å²) in [6.07, 6.45) is 1.49. The first kappa shape index (κ1) is 20.3. The van der Waals surface area contributed by atoms with Gasteiger partial charge in [-0.15, -0.1) is 0 Å². The highest BCUT2D eigenvalue weighted by Gasteiger charge is 2.08. The molecule has 0 atom stereocenters. The number of hydrogen-bond acceptors (Lipinski definition) is 5. The van der Waals surface area contributed by atoms with Crippen molar-refractivity contribution >= 4 is 44.0 Å². The van der Waals surface area contributed by atoms with Crippen LogP contribution in [0.15, 0.2) is 44.4 Å². The van der Waals surface area contributed by atoms with E-state index in [0.29, 0.717) is 22.8 Å². The third-order valence-corrected chi connectivity index (χ3v) is 4.91. The molecule has 1 amide bonds. The van der Waals surface area contributed by atoms with Crippen molar-refractivity contribution in [2.24, 2.45) is 5.10 Å². The second-order valence-corrected chi connectivity index (χ2v) is 6.93. The summed E-state index contributed by atoms with van der Waals surface area (Å²) in [4.78, 5) is 11.9. The highest BCUT2D eigenvalue weighted by Crippen LogP contribution is 2.31. The van der Waals surface area contributed by atoms with Gasteiger partial charge in [-0.05, 0) is 52.7 Å². The molecule has 1 N–H and O–H groups in total. The number of aryl methyl sites for hydroxylation is 1. The number of hydrazone groups is 1. The van der Waals surface area contributed by atoms with E-state index in [9.17, 15) is 4.79 Å². The smallest absolute Gasteiger partial charge is 0.277 e. The maximum atomic E-state index is 11.9. The zero-order chi connectivity index (χ0) is 19.1. The number of carbonyl (C=O) groups excluding carboxylic acids is 1. The summed E-state index contributed by atoms with van der Waals surface area (Å²) in [7, 11) is 3.12. The Kier molecular flexibility index (Phi) is 7.47. The van der Waals surface area contributed by atoms with E-state index in [1.54, 1.807) is 32.4 Å². The number of methoxy groups -OCH3 is 2. The van der Waals surface area contributed by atoms with E-state index in [-0.39, 0.29) is 12.5 Å². The maximum Gasteiger partial charge on any atom is 0.277 e. The summed E-state index contributed by atoms with van der Waals surface area (Å²) in [5.41, 5.74) is 4.13. The lowest BCUT2D eigenvalue weighted by molar-refractivity contribution is -0.123. The number of nitrogens with zero attached hydrogens (tertiary/aromatic N) is 1. The van der Waals surface area contributed by atoms with E-state index in [1.807, 2.05) is 19.1 Å². The predicted molar refractivity (Wildman–Crippen MR) is 107 cm³/mol. The average Bonchev–Trinajstić information content (AvgIpc) is 2.63. The summed E-state index contributed by atoms with van der Waals surface area (Å²) in [6, 6.07) is 9.02. The first-order valence-corrected chi connectivity index (χ1v) is 9.15. The zero-order valence-electron chi connectivity index (χ0n) is 14.5. The van der Waals surface area contributed by atoms with Crippen LogP contribution in [0.25, 0.3) is 0 Å². The van der Waals surface area contributed by atoms with Crippen LogP contribution in [-0.2, 0) is 4.79 Å². The third-order valence-electron chi connectivity index (χ3n) is 3.40. The van der Waals surface area contributed by atoms with E-state index in [2.05, 4.69) is 42.4 Å². The van der Waals surface area contributed by atoms with E-state index in [0.717, 1.165) is 14.5 Å². The molecule has 0 fully saturated rings. The lowest BCUT2D eigenvalue weighted by atomic mass is 10.2. The maximum absolute atomic E-state index is 11.9. The molecule has 2 rings (SSSR count). The summed E-state index contributed by atoms with van der Waals surface area (Å²) in [6.45, 7) is 1.81. The number of amides is 1. The van der Waals surface area contributed by atoms with Crippen molar-refractivity contribution in [1.82, 2.24) is 5.43 Å². The first-order chi connectivity index (χ1) is 12.4. The second kappa shape index (κ2) is 9.59. The standard InChI is InChI=1S/C18H18Br2N2O4/c1-11-6-13(4-5-14(11)19)26-10-18(23)22-21-9-12-7-15(20)17(25-3)8-16(12)24-2/h4-9H,10H2,1-3H3,(H,22,23)/b21-9+. The van der Waals surface area contributed by atoms with E-state index in [1.165, 1.54) is 6.21 Å². The normalized spacial score (nSPS) is 10.7. The third kappa shape index (κ3) is 5.47. The molecule has 8 heteroatoms. The molecule has 0 bridgehead atoms. The molecule has 0 unspecified atom stereocenters. The Balaban J connectivity index is 1.94. The molecule has 138 valence electrons. The topological polar surface area (TPSA) is 69.2 Å². The minimum atomic E-state index is -0.367. The fourth-order valence-corrected chi connectivity index (χ4v) is 2.82. The van der Waals surface area contributed by atoms with E-state index < -0.39 is 0 Å². The Labute approximate surface area is 168 Å². The van der Waals surface area contributed by atoms with Gasteiger partial charge in [0, 0.05) is 16.1 Å². The molecule has 0 radical (unpaired) electrons. The summed E-state index contributed by atoms with van der Waals surface area (Å²) < 4.78 is 17.7. The van der Waals surface area contributed by atoms with Gasteiger partial charge in [-0.2, -0.15) is 5.10 Å². The van der Waals surface area contributed by atoms with Crippen LogP contribution >= 0.6 is 31.9 Å². The molecule has 0 aromatic heterocycles. The highest BCUT2D eigenvalue weighted by molar-refractivity contribution is 9.10. The van der Waals surface area contributed by atoms with E-state index in [4.69, 9.17) is 14.2 Å². The van der Waals surface area contributed by atoms with Gasteiger partial charge in [0.2, 0.25) is 0 Å². The second-order valence-electron chi connectivity index (χ2n) is 5.22. The lowest BCUT2D eigenvalue weighted by Gasteiger charge is -2.09. The van der Waals surface area contributed by atoms with Crippen molar-refractivity contribution in [2.75, 3.05) is 20.8 Å². The number of rotatable bonds is 7. The first-order valence-electron chi connectivity index (χ1n) is 7.57. The number of nitrogens with one attached hydrogen (secondary N) is 1. The molecule has 0 saturated carbocycles. The predicted octanol–water partition coefficient (Wildman–Crippen LogP) is 4.07. The van der Waals surface area contributed by atoms with Gasteiger partial charge in [-0.3, -0.25) is 4.79 Å². The Morgan fingerprint density at radius 2 is 1.85 bits per heavy atom. The SMILES string of the molecule is COc1cc(OC)c(/C=N/NC(=O)COc2ccc(Br)c(C)c2)cc1Br. The van der Waals surface area contributed by atoms with Gasteiger partial charge in [0.15, 0.2) is 6.61 Å². The molecule has 26 heavy (non-hydrogen) atoms. The average molecular weight is 486 g/mol. The van der Waals surface area contributed by atoms with Gasteiger partial charge in [0.05, 0.1) is 24.9 Å². The summed E-state index contributed by atoms with van der Waals surface area (Å²) >= 11 is 6.82. The van der Waals surface area contributed by atoms with Crippen molar-refractivity contribution in [3.63, 3.8) is 0 Å². The Bertz CT molecular complexity index is 825. The molecular formula is C18H18Br2N2O4. The summed E-state index contributed by atoms with van der Waals surface area (Å²) in [5, 5.41) is 3.94. The van der Waals surface area contributed by atoms with E-state index >= 15 is 0 Å². The van der Waals surface area contributed by atoms with Crippen LogP contribution in [0.5, 0.6) is 17.2 Å². The summed E-state index contributed by atoms with van der Waals surface area (Å²) in [5.74, 6) is 1.46. The monoisotopic (exact) mass is 484 g/mol. The van der Waals surface area contributed by atoms with Crippen molar-refractivity contribution in [3.8, 4) is 17.2 Å². The Morgan fingerprint density at radius 1 is 1.12 bits per heavy atom. The van der Waals surface area contributed by atoms with Crippen LogP contribution in [0.3, 0.4) is 0 Å². The molecule has 2 aromatic carbocycles. The number of hydrogen-bond donors (Lipinski definition) is 1. The molecule has 0 spiro atoms. The van der Waals surface area contributed by atoms with Gasteiger partial charge < -0.3 is 14.2 Å². The lowest BCUT2D eigenvalue weighted by Crippen LogP contribution is -2.24. The van der Waals surface area contributed by atoms with Crippen LogP contribution < -0.4 is 19.6 Å². The molecule has 0 aliphatic carbocycles. The molecule has 0 saturated heterocycles. The number of halogens is 2.